The van der Waals surface area contributed by atoms with Crippen LogP contribution in [0.15, 0.2) is 23.3 Å². The molecule has 0 spiro atoms. The number of hydrazone groups is 1. The number of rotatable bonds is 6. The van der Waals surface area contributed by atoms with Gasteiger partial charge in [-0.15, -0.1) is 0 Å². The van der Waals surface area contributed by atoms with Crippen LogP contribution in [0, 0.1) is 0 Å². The van der Waals surface area contributed by atoms with Crippen molar-refractivity contribution < 1.29 is 19.0 Å². The van der Waals surface area contributed by atoms with E-state index in [2.05, 4.69) is 27.5 Å². The first-order valence-electron chi connectivity index (χ1n) is 5.99. The van der Waals surface area contributed by atoms with Crippen LogP contribution < -0.4 is 20.6 Å². The van der Waals surface area contributed by atoms with Crippen LogP contribution in [0.1, 0.15) is 12.5 Å². The summed E-state index contributed by atoms with van der Waals surface area (Å²) in [5, 5.41) is 3.91. The second-order valence-corrected chi connectivity index (χ2v) is 4.37. The number of nitrogens with two attached hydrogens (primary N) is 1. The SMILES string of the molecule is COC(=O)C(C)Oc1ccc(C=NNC(N)=S)cc1OC. The number of nitrogens with zero attached hydrogens (tertiary/aromatic N) is 1. The van der Waals surface area contributed by atoms with Crippen molar-refractivity contribution in [1.29, 1.82) is 0 Å². The van der Waals surface area contributed by atoms with E-state index in [-0.39, 0.29) is 5.11 Å². The number of carbonyl (C=O) groups is 1. The molecule has 1 rings (SSSR count). The minimum absolute atomic E-state index is 0.0741. The maximum Gasteiger partial charge on any atom is 0.346 e. The van der Waals surface area contributed by atoms with Gasteiger partial charge in [-0.05, 0) is 42.9 Å². The number of carbonyl (C=O) groups excluding carboxylic acids is 1. The molecule has 8 heteroatoms. The highest BCUT2D eigenvalue weighted by atomic mass is 32.1. The zero-order chi connectivity index (χ0) is 15.8. The van der Waals surface area contributed by atoms with Gasteiger partial charge in [0.15, 0.2) is 22.7 Å². The van der Waals surface area contributed by atoms with Crippen molar-refractivity contribution in [3.63, 3.8) is 0 Å². The summed E-state index contributed by atoms with van der Waals surface area (Å²) < 4.78 is 15.3. The lowest BCUT2D eigenvalue weighted by Gasteiger charge is -2.15. The molecule has 114 valence electrons. The molecule has 1 atom stereocenters. The van der Waals surface area contributed by atoms with E-state index >= 15 is 0 Å². The number of nitrogens with one attached hydrogen (secondary N) is 1. The molecule has 1 unspecified atom stereocenters. The molecule has 1 aromatic rings. The Labute approximate surface area is 128 Å². The van der Waals surface area contributed by atoms with Gasteiger partial charge in [0.1, 0.15) is 0 Å². The maximum absolute atomic E-state index is 11.3. The summed E-state index contributed by atoms with van der Waals surface area (Å²) in [6.07, 6.45) is 0.787. The summed E-state index contributed by atoms with van der Waals surface area (Å²) in [7, 11) is 2.80. The number of ether oxygens (including phenoxy) is 3. The highest BCUT2D eigenvalue weighted by Gasteiger charge is 2.17. The fraction of sp³-hybridized carbons (Fsp3) is 0.308. The summed E-state index contributed by atoms with van der Waals surface area (Å²) in [4.78, 5) is 11.3. The van der Waals surface area contributed by atoms with E-state index in [4.69, 9.17) is 15.2 Å². The Bertz CT molecular complexity index is 548. The third-order valence-electron chi connectivity index (χ3n) is 2.41. The van der Waals surface area contributed by atoms with Gasteiger partial charge in [0, 0.05) is 0 Å². The third kappa shape index (κ3) is 5.27. The van der Waals surface area contributed by atoms with Crippen LogP contribution in [-0.2, 0) is 9.53 Å². The first kappa shape index (κ1) is 16.7. The molecule has 1 aromatic carbocycles. The predicted octanol–water partition coefficient (Wildman–Crippen LogP) is 0.803. The average molecular weight is 311 g/mol. The Kier molecular flexibility index (Phi) is 6.41. The molecule has 7 nitrogen and oxygen atoms in total. The Balaban J connectivity index is 2.86. The Morgan fingerprint density at radius 2 is 2.14 bits per heavy atom. The summed E-state index contributed by atoms with van der Waals surface area (Å²) in [5.41, 5.74) is 8.44. The van der Waals surface area contributed by atoms with E-state index in [9.17, 15) is 4.79 Å². The van der Waals surface area contributed by atoms with Crippen molar-refractivity contribution in [2.24, 2.45) is 10.8 Å². The second-order valence-electron chi connectivity index (χ2n) is 3.93. The lowest BCUT2D eigenvalue weighted by molar-refractivity contribution is -0.147. The van der Waals surface area contributed by atoms with E-state index < -0.39 is 12.1 Å². The molecular weight excluding hydrogens is 294 g/mol. The Hall–Kier alpha value is -2.35. The molecule has 0 aromatic heterocycles. The lowest BCUT2D eigenvalue weighted by Crippen LogP contribution is -2.25. The summed E-state index contributed by atoms with van der Waals surface area (Å²) in [5.74, 6) is 0.420. The zero-order valence-electron chi connectivity index (χ0n) is 12.0. The highest BCUT2D eigenvalue weighted by Crippen LogP contribution is 2.28. The smallest absolute Gasteiger partial charge is 0.346 e. The molecule has 0 heterocycles. The monoisotopic (exact) mass is 311 g/mol. The van der Waals surface area contributed by atoms with E-state index in [1.807, 2.05) is 0 Å². The number of methoxy groups -OCH3 is 2. The molecule has 0 saturated heterocycles. The summed E-state index contributed by atoms with van der Waals surface area (Å²) in [6, 6.07) is 5.11. The topological polar surface area (TPSA) is 95.2 Å². The number of benzene rings is 1. The third-order valence-corrected chi connectivity index (χ3v) is 2.50. The fourth-order valence-electron chi connectivity index (χ4n) is 1.44. The van der Waals surface area contributed by atoms with Crippen molar-refractivity contribution in [2.75, 3.05) is 14.2 Å². The van der Waals surface area contributed by atoms with Crippen molar-refractivity contribution in [3.8, 4) is 11.5 Å². The van der Waals surface area contributed by atoms with E-state index in [0.717, 1.165) is 5.56 Å². The van der Waals surface area contributed by atoms with Crippen molar-refractivity contribution >= 4 is 29.5 Å². The average Bonchev–Trinajstić information content (AvgIpc) is 2.47. The van der Waals surface area contributed by atoms with Crippen LogP contribution in [0.4, 0.5) is 0 Å². The predicted molar refractivity (Wildman–Crippen MR) is 82.6 cm³/mol. The standard InChI is InChI=1S/C13H17N3O4S/c1-8(12(17)19-3)20-10-5-4-9(6-11(10)18-2)7-15-16-13(14)21/h4-8H,1-3H3,(H3,14,16,21). The van der Waals surface area contributed by atoms with E-state index in [0.29, 0.717) is 11.5 Å². The van der Waals surface area contributed by atoms with Gasteiger partial charge in [-0.2, -0.15) is 5.10 Å². The lowest BCUT2D eigenvalue weighted by atomic mass is 10.2. The van der Waals surface area contributed by atoms with Crippen molar-refractivity contribution in [1.82, 2.24) is 5.43 Å². The van der Waals surface area contributed by atoms with Gasteiger partial charge in [-0.3, -0.25) is 5.43 Å². The Morgan fingerprint density at radius 3 is 2.71 bits per heavy atom. The summed E-state index contributed by atoms with van der Waals surface area (Å²) >= 11 is 4.63. The Morgan fingerprint density at radius 1 is 1.43 bits per heavy atom. The fourth-order valence-corrected chi connectivity index (χ4v) is 1.49. The number of thiocarbonyl (C=S) groups is 1. The molecule has 0 saturated carbocycles. The van der Waals surface area contributed by atoms with Crippen LogP contribution in [-0.4, -0.2) is 37.6 Å². The van der Waals surface area contributed by atoms with E-state index in [1.165, 1.54) is 20.4 Å². The van der Waals surface area contributed by atoms with Gasteiger partial charge in [0.2, 0.25) is 0 Å². The molecule has 0 aliphatic rings. The summed E-state index contributed by atoms with van der Waals surface area (Å²) in [6.45, 7) is 1.59. The first-order valence-corrected chi connectivity index (χ1v) is 6.39. The molecule has 0 aliphatic carbocycles. The molecule has 21 heavy (non-hydrogen) atoms. The normalized spacial score (nSPS) is 11.8. The number of esters is 1. The second kappa shape index (κ2) is 8.05. The molecule has 0 radical (unpaired) electrons. The van der Waals surface area contributed by atoms with E-state index in [1.54, 1.807) is 25.1 Å². The quantitative estimate of drug-likeness (QED) is 0.347. The van der Waals surface area contributed by atoms with Crippen molar-refractivity contribution in [3.05, 3.63) is 23.8 Å². The van der Waals surface area contributed by atoms with Crippen LogP contribution in [0.5, 0.6) is 11.5 Å². The number of hydrogen-bond acceptors (Lipinski definition) is 6. The van der Waals surface area contributed by atoms with Gasteiger partial charge in [0.25, 0.3) is 0 Å². The molecular formula is C13H17N3O4S. The molecule has 0 aliphatic heterocycles. The van der Waals surface area contributed by atoms with Crippen molar-refractivity contribution in [2.45, 2.75) is 13.0 Å². The van der Waals surface area contributed by atoms with Crippen LogP contribution in [0.3, 0.4) is 0 Å². The van der Waals surface area contributed by atoms with Crippen LogP contribution in [0.25, 0.3) is 0 Å². The van der Waals surface area contributed by atoms with Gasteiger partial charge in [-0.1, -0.05) is 0 Å². The van der Waals surface area contributed by atoms with Crippen LogP contribution in [0.2, 0.25) is 0 Å². The molecule has 0 amide bonds. The zero-order valence-corrected chi connectivity index (χ0v) is 12.8. The van der Waals surface area contributed by atoms with Gasteiger partial charge in [0.05, 0.1) is 20.4 Å². The van der Waals surface area contributed by atoms with Gasteiger partial charge < -0.3 is 19.9 Å². The molecule has 3 N–H and O–H groups in total. The highest BCUT2D eigenvalue weighted by molar-refractivity contribution is 7.80. The largest absolute Gasteiger partial charge is 0.493 e. The molecule has 0 bridgehead atoms. The molecule has 0 fully saturated rings. The minimum Gasteiger partial charge on any atom is -0.493 e. The van der Waals surface area contributed by atoms with Gasteiger partial charge in [-0.25, -0.2) is 4.79 Å². The first-order chi connectivity index (χ1) is 9.97. The minimum atomic E-state index is -0.736. The number of hydrogen-bond donors (Lipinski definition) is 2. The van der Waals surface area contributed by atoms with Gasteiger partial charge >= 0.3 is 5.97 Å². The van der Waals surface area contributed by atoms with Crippen LogP contribution >= 0.6 is 12.2 Å². The maximum atomic E-state index is 11.3.